The molecule has 1 N–H and O–H groups in total. The third-order valence-corrected chi connectivity index (χ3v) is 4.95. The minimum Gasteiger partial charge on any atom is -0.427 e. The van der Waals surface area contributed by atoms with Crippen molar-refractivity contribution in [2.45, 2.75) is 12.8 Å². The zero-order valence-corrected chi connectivity index (χ0v) is 15.1. The molecule has 1 unspecified atom stereocenters. The second kappa shape index (κ2) is 9.22. The van der Waals surface area contributed by atoms with Crippen molar-refractivity contribution in [2.75, 3.05) is 6.54 Å². The van der Waals surface area contributed by atoms with E-state index in [4.69, 9.17) is 9.05 Å². The summed E-state index contributed by atoms with van der Waals surface area (Å²) in [6.45, 7) is 2.97. The summed E-state index contributed by atoms with van der Waals surface area (Å²) in [5.74, 6) is 1.96. The first-order valence-electron chi connectivity index (χ1n) is 8.36. The molecule has 0 heterocycles. The van der Waals surface area contributed by atoms with E-state index in [0.29, 0.717) is 5.92 Å². The second-order valence-electron chi connectivity index (χ2n) is 5.74. The predicted octanol–water partition coefficient (Wildman–Crippen LogP) is 5.76. The first-order valence-corrected chi connectivity index (χ1v) is 9.53. The van der Waals surface area contributed by atoms with Gasteiger partial charge in [-0.05, 0) is 35.7 Å². The maximum Gasteiger partial charge on any atom is 0.381 e. The van der Waals surface area contributed by atoms with Gasteiger partial charge in [0, 0.05) is 6.54 Å². The number of para-hydroxylation sites is 2. The Hall–Kier alpha value is -2.35. The summed E-state index contributed by atoms with van der Waals surface area (Å²) in [6.07, 6.45) is 0. The quantitative estimate of drug-likeness (QED) is 0.523. The third-order valence-electron chi connectivity index (χ3n) is 3.76. The summed E-state index contributed by atoms with van der Waals surface area (Å²) >= 11 is 0. The fraction of sp³-hybridized carbons (Fsp3) is 0.143. The number of rotatable bonds is 8. The van der Waals surface area contributed by atoms with Gasteiger partial charge in [0.25, 0.3) is 0 Å². The van der Waals surface area contributed by atoms with E-state index in [-0.39, 0.29) is 0 Å². The summed E-state index contributed by atoms with van der Waals surface area (Å²) in [7, 11) is -1.29. The van der Waals surface area contributed by atoms with Gasteiger partial charge in [-0.25, -0.2) is 5.09 Å². The van der Waals surface area contributed by atoms with Gasteiger partial charge < -0.3 is 9.05 Å². The van der Waals surface area contributed by atoms with Crippen LogP contribution in [0.2, 0.25) is 0 Å². The molecule has 128 valence electrons. The Kier molecular flexibility index (Phi) is 6.44. The standard InChI is InChI=1S/C21H22NO2P/c1-18(19-11-5-2-6-12-19)17-22-25(23-20-13-7-3-8-14-20)24-21-15-9-4-10-16-21/h2-16,18,22H,17H2,1H3. The van der Waals surface area contributed by atoms with E-state index < -0.39 is 8.53 Å². The maximum absolute atomic E-state index is 6.04. The Morgan fingerprint density at radius 1 is 0.720 bits per heavy atom. The van der Waals surface area contributed by atoms with Crippen LogP contribution in [0.25, 0.3) is 0 Å². The van der Waals surface area contributed by atoms with Gasteiger partial charge in [-0.15, -0.1) is 0 Å². The molecule has 4 heteroatoms. The van der Waals surface area contributed by atoms with Crippen molar-refractivity contribution in [1.29, 1.82) is 0 Å². The lowest BCUT2D eigenvalue weighted by molar-refractivity contribution is 0.470. The molecule has 1 atom stereocenters. The van der Waals surface area contributed by atoms with Crippen LogP contribution in [-0.4, -0.2) is 6.54 Å². The van der Waals surface area contributed by atoms with Crippen LogP contribution in [0.5, 0.6) is 11.5 Å². The van der Waals surface area contributed by atoms with Crippen LogP contribution in [0.3, 0.4) is 0 Å². The molecule has 0 saturated carbocycles. The molecule has 0 aromatic heterocycles. The zero-order chi connectivity index (χ0) is 17.3. The molecule has 3 aromatic carbocycles. The van der Waals surface area contributed by atoms with Crippen molar-refractivity contribution in [1.82, 2.24) is 5.09 Å². The highest BCUT2D eigenvalue weighted by molar-refractivity contribution is 7.45. The lowest BCUT2D eigenvalue weighted by Crippen LogP contribution is -2.19. The first kappa shape index (κ1) is 17.5. The average molecular weight is 351 g/mol. The molecule has 0 bridgehead atoms. The minimum atomic E-state index is -1.29. The minimum absolute atomic E-state index is 0.366. The fourth-order valence-electron chi connectivity index (χ4n) is 2.35. The summed E-state index contributed by atoms with van der Waals surface area (Å²) in [4.78, 5) is 0. The van der Waals surface area contributed by atoms with E-state index in [9.17, 15) is 0 Å². The van der Waals surface area contributed by atoms with Crippen molar-refractivity contribution in [3.05, 3.63) is 96.6 Å². The number of hydrogen-bond acceptors (Lipinski definition) is 3. The Bertz CT molecular complexity index is 696. The number of hydrogen-bond donors (Lipinski definition) is 1. The van der Waals surface area contributed by atoms with Gasteiger partial charge in [0.1, 0.15) is 11.5 Å². The Morgan fingerprint density at radius 2 is 1.16 bits per heavy atom. The summed E-state index contributed by atoms with van der Waals surface area (Å²) in [6, 6.07) is 30.0. The summed E-state index contributed by atoms with van der Waals surface area (Å²) in [5.41, 5.74) is 1.30. The van der Waals surface area contributed by atoms with Crippen LogP contribution in [0.15, 0.2) is 91.0 Å². The largest absolute Gasteiger partial charge is 0.427 e. The van der Waals surface area contributed by atoms with Crippen molar-refractivity contribution in [3.8, 4) is 11.5 Å². The summed E-state index contributed by atoms with van der Waals surface area (Å²) in [5, 5.41) is 3.44. The highest BCUT2D eigenvalue weighted by Crippen LogP contribution is 2.37. The normalized spacial score (nSPS) is 11.9. The molecule has 25 heavy (non-hydrogen) atoms. The summed E-state index contributed by atoms with van der Waals surface area (Å²) < 4.78 is 12.1. The van der Waals surface area contributed by atoms with E-state index in [0.717, 1.165) is 18.0 Å². The average Bonchev–Trinajstić information content (AvgIpc) is 2.68. The van der Waals surface area contributed by atoms with Crippen LogP contribution >= 0.6 is 8.53 Å². The molecule has 0 aliphatic heterocycles. The topological polar surface area (TPSA) is 30.5 Å². The lowest BCUT2D eigenvalue weighted by atomic mass is 10.0. The molecule has 0 amide bonds. The molecular formula is C21H22NO2P. The zero-order valence-electron chi connectivity index (χ0n) is 14.2. The molecule has 3 nitrogen and oxygen atoms in total. The van der Waals surface area contributed by atoms with Crippen molar-refractivity contribution < 1.29 is 9.05 Å². The lowest BCUT2D eigenvalue weighted by Gasteiger charge is -2.21. The van der Waals surface area contributed by atoms with Gasteiger partial charge in [0.05, 0.1) is 0 Å². The van der Waals surface area contributed by atoms with Gasteiger partial charge in [-0.1, -0.05) is 73.7 Å². The monoisotopic (exact) mass is 351 g/mol. The Morgan fingerprint density at radius 3 is 1.64 bits per heavy atom. The molecule has 0 fully saturated rings. The van der Waals surface area contributed by atoms with Gasteiger partial charge in [-0.2, -0.15) is 0 Å². The van der Waals surface area contributed by atoms with Crippen LogP contribution in [0.1, 0.15) is 18.4 Å². The fourth-order valence-corrected chi connectivity index (χ4v) is 3.56. The number of nitrogens with one attached hydrogen (secondary N) is 1. The highest BCUT2D eigenvalue weighted by atomic mass is 31.2. The maximum atomic E-state index is 6.04. The van der Waals surface area contributed by atoms with Crippen molar-refractivity contribution in [2.24, 2.45) is 0 Å². The van der Waals surface area contributed by atoms with E-state index in [1.807, 2.05) is 66.7 Å². The van der Waals surface area contributed by atoms with Crippen molar-refractivity contribution >= 4 is 8.53 Å². The molecule has 3 rings (SSSR count). The SMILES string of the molecule is CC(CNP(Oc1ccccc1)Oc1ccccc1)c1ccccc1. The van der Waals surface area contributed by atoms with Gasteiger partial charge in [-0.3, -0.25) is 0 Å². The van der Waals surface area contributed by atoms with Crippen molar-refractivity contribution in [3.63, 3.8) is 0 Å². The molecule has 0 aliphatic carbocycles. The Labute approximate surface area is 150 Å². The van der Waals surface area contributed by atoms with E-state index in [1.165, 1.54) is 5.56 Å². The molecule has 0 spiro atoms. The Balaban J connectivity index is 1.65. The molecule has 3 aromatic rings. The first-order chi connectivity index (χ1) is 12.3. The molecule has 0 aliphatic rings. The van der Waals surface area contributed by atoms with E-state index in [1.54, 1.807) is 0 Å². The van der Waals surface area contributed by atoms with Gasteiger partial charge >= 0.3 is 8.53 Å². The van der Waals surface area contributed by atoms with E-state index >= 15 is 0 Å². The van der Waals surface area contributed by atoms with Gasteiger partial charge in [0.2, 0.25) is 0 Å². The van der Waals surface area contributed by atoms with Gasteiger partial charge in [0.15, 0.2) is 0 Å². The second-order valence-corrected chi connectivity index (χ2v) is 6.94. The van der Waals surface area contributed by atoms with Crippen LogP contribution in [0.4, 0.5) is 0 Å². The third kappa shape index (κ3) is 5.60. The smallest absolute Gasteiger partial charge is 0.381 e. The predicted molar refractivity (Wildman–Crippen MR) is 104 cm³/mol. The molecular weight excluding hydrogens is 329 g/mol. The highest BCUT2D eigenvalue weighted by Gasteiger charge is 2.17. The van der Waals surface area contributed by atoms with Crippen LogP contribution < -0.4 is 14.1 Å². The molecule has 0 saturated heterocycles. The molecule has 0 radical (unpaired) electrons. The number of benzene rings is 3. The van der Waals surface area contributed by atoms with E-state index in [2.05, 4.69) is 36.3 Å². The van der Waals surface area contributed by atoms with Crippen LogP contribution in [-0.2, 0) is 0 Å². The van der Waals surface area contributed by atoms with Crippen LogP contribution in [0, 0.1) is 0 Å².